The summed E-state index contributed by atoms with van der Waals surface area (Å²) in [7, 11) is -1.50. The average molecular weight is 166 g/mol. The molecule has 0 fully saturated rings. The van der Waals surface area contributed by atoms with Crippen molar-refractivity contribution < 1.29 is 8.42 Å². The van der Waals surface area contributed by atoms with Gasteiger partial charge in [0.05, 0.1) is 0 Å². The minimum Gasteiger partial charge on any atom is -0.306 e. The quantitative estimate of drug-likeness (QED) is 0.591. The zero-order valence-corrected chi connectivity index (χ0v) is 7.33. The standard InChI is InChI=1S/C5H14N2O2S/c1-5(2)7-10(8,9)4-6-3/h5-7H,4H2,1-3H3. The van der Waals surface area contributed by atoms with Crippen LogP contribution in [0.1, 0.15) is 13.8 Å². The first-order valence-electron chi connectivity index (χ1n) is 3.12. The molecule has 0 spiro atoms. The lowest BCUT2D eigenvalue weighted by Gasteiger charge is -2.07. The van der Waals surface area contributed by atoms with Gasteiger partial charge in [-0.15, -0.1) is 0 Å². The number of hydrogen-bond acceptors (Lipinski definition) is 3. The Labute approximate surface area is 62.1 Å². The molecule has 0 saturated heterocycles. The summed E-state index contributed by atoms with van der Waals surface area (Å²) in [6.45, 7) is 3.57. The number of nitrogens with one attached hydrogen (secondary N) is 2. The fourth-order valence-electron chi connectivity index (χ4n) is 0.591. The van der Waals surface area contributed by atoms with Crippen LogP contribution in [0, 0.1) is 0 Å². The van der Waals surface area contributed by atoms with Crippen molar-refractivity contribution in [3.8, 4) is 0 Å². The molecular formula is C5H14N2O2S. The molecule has 0 saturated carbocycles. The molecule has 0 rings (SSSR count). The molecule has 0 aromatic heterocycles. The lowest BCUT2D eigenvalue weighted by molar-refractivity contribution is 0.565. The van der Waals surface area contributed by atoms with E-state index in [1.54, 1.807) is 20.9 Å². The van der Waals surface area contributed by atoms with E-state index in [9.17, 15) is 8.42 Å². The Morgan fingerprint density at radius 2 is 1.90 bits per heavy atom. The van der Waals surface area contributed by atoms with E-state index in [2.05, 4.69) is 10.0 Å². The molecule has 0 unspecified atom stereocenters. The van der Waals surface area contributed by atoms with E-state index in [1.807, 2.05) is 0 Å². The summed E-state index contributed by atoms with van der Waals surface area (Å²) >= 11 is 0. The van der Waals surface area contributed by atoms with Gasteiger partial charge in [0.25, 0.3) is 0 Å². The molecule has 0 radical (unpaired) electrons. The van der Waals surface area contributed by atoms with E-state index in [1.165, 1.54) is 0 Å². The summed E-state index contributed by atoms with van der Waals surface area (Å²) in [6.07, 6.45) is 0. The molecule has 0 bridgehead atoms. The van der Waals surface area contributed by atoms with Gasteiger partial charge in [-0.3, -0.25) is 0 Å². The molecule has 2 N–H and O–H groups in total. The van der Waals surface area contributed by atoms with Crippen molar-refractivity contribution in [2.24, 2.45) is 0 Å². The summed E-state index contributed by atoms with van der Waals surface area (Å²) < 4.78 is 24.2. The van der Waals surface area contributed by atoms with Crippen LogP contribution in [0.3, 0.4) is 0 Å². The Morgan fingerprint density at radius 3 is 2.20 bits per heavy atom. The fraction of sp³-hybridized carbons (Fsp3) is 1.00. The molecule has 0 atom stereocenters. The Hall–Kier alpha value is -0.130. The second-order valence-electron chi connectivity index (χ2n) is 2.39. The highest BCUT2D eigenvalue weighted by Gasteiger charge is 2.08. The Kier molecular flexibility index (Phi) is 3.85. The largest absolute Gasteiger partial charge is 0.306 e. The van der Waals surface area contributed by atoms with Crippen LogP contribution in [0.15, 0.2) is 0 Å². The van der Waals surface area contributed by atoms with Gasteiger partial charge in [0.1, 0.15) is 5.88 Å². The van der Waals surface area contributed by atoms with Crippen LogP contribution < -0.4 is 10.0 Å². The van der Waals surface area contributed by atoms with Gasteiger partial charge in [0, 0.05) is 6.04 Å². The monoisotopic (exact) mass is 166 g/mol. The van der Waals surface area contributed by atoms with Gasteiger partial charge in [-0.05, 0) is 20.9 Å². The molecule has 0 aromatic rings. The summed E-state index contributed by atoms with van der Waals surface area (Å²) in [5.41, 5.74) is 0. The second-order valence-corrected chi connectivity index (χ2v) is 4.14. The second kappa shape index (κ2) is 3.90. The molecule has 4 nitrogen and oxygen atoms in total. The van der Waals surface area contributed by atoms with Crippen LogP contribution in [0.5, 0.6) is 0 Å². The molecule has 0 amide bonds. The SMILES string of the molecule is CNCS(=O)(=O)NC(C)C. The maximum absolute atomic E-state index is 10.9. The van der Waals surface area contributed by atoms with E-state index in [0.29, 0.717) is 0 Å². The van der Waals surface area contributed by atoms with Crippen molar-refractivity contribution in [3.05, 3.63) is 0 Å². The summed E-state index contributed by atoms with van der Waals surface area (Å²) in [4.78, 5) is 0. The Bertz CT molecular complexity index is 174. The third-order valence-electron chi connectivity index (χ3n) is 0.750. The van der Waals surface area contributed by atoms with Crippen molar-refractivity contribution >= 4 is 10.0 Å². The van der Waals surface area contributed by atoms with E-state index in [4.69, 9.17) is 0 Å². The van der Waals surface area contributed by atoms with Crippen LogP contribution in [0.25, 0.3) is 0 Å². The predicted molar refractivity (Wildman–Crippen MR) is 41.1 cm³/mol. The van der Waals surface area contributed by atoms with E-state index < -0.39 is 10.0 Å². The van der Waals surface area contributed by atoms with Gasteiger partial charge < -0.3 is 5.32 Å². The third-order valence-corrected chi connectivity index (χ3v) is 2.25. The van der Waals surface area contributed by atoms with Gasteiger partial charge in [0.15, 0.2) is 0 Å². The van der Waals surface area contributed by atoms with Gasteiger partial charge in [-0.1, -0.05) is 0 Å². The molecular weight excluding hydrogens is 152 g/mol. The van der Waals surface area contributed by atoms with Crippen LogP contribution in [0.4, 0.5) is 0 Å². The van der Waals surface area contributed by atoms with Gasteiger partial charge in [-0.2, -0.15) is 0 Å². The normalized spacial score (nSPS) is 12.4. The summed E-state index contributed by atoms with van der Waals surface area (Å²) in [5, 5.41) is 2.56. The van der Waals surface area contributed by atoms with E-state index >= 15 is 0 Å². The van der Waals surface area contributed by atoms with E-state index in [-0.39, 0.29) is 11.9 Å². The average Bonchev–Trinajstić information content (AvgIpc) is 1.59. The molecule has 0 aliphatic heterocycles. The first kappa shape index (κ1) is 9.87. The highest BCUT2D eigenvalue weighted by Crippen LogP contribution is 1.84. The van der Waals surface area contributed by atoms with Crippen molar-refractivity contribution in [2.45, 2.75) is 19.9 Å². The first-order chi connectivity index (χ1) is 4.48. The molecule has 62 valence electrons. The lowest BCUT2D eigenvalue weighted by atomic mass is 10.4. The first-order valence-corrected chi connectivity index (χ1v) is 4.78. The predicted octanol–water partition coefficient (Wildman–Crippen LogP) is -0.509. The molecule has 0 heterocycles. The van der Waals surface area contributed by atoms with Crippen LogP contribution in [-0.4, -0.2) is 27.4 Å². The highest BCUT2D eigenvalue weighted by atomic mass is 32.2. The molecule has 10 heavy (non-hydrogen) atoms. The van der Waals surface area contributed by atoms with Crippen molar-refractivity contribution in [1.82, 2.24) is 10.0 Å². The highest BCUT2D eigenvalue weighted by molar-refractivity contribution is 7.89. The van der Waals surface area contributed by atoms with E-state index in [0.717, 1.165) is 0 Å². The van der Waals surface area contributed by atoms with Crippen molar-refractivity contribution in [3.63, 3.8) is 0 Å². The summed E-state index contributed by atoms with van der Waals surface area (Å²) in [5.74, 6) is -0.0226. The number of sulfonamides is 1. The minimum absolute atomic E-state index is 0.0226. The van der Waals surface area contributed by atoms with Gasteiger partial charge in [-0.25, -0.2) is 13.1 Å². The zero-order valence-electron chi connectivity index (χ0n) is 6.51. The number of hydrogen-bond donors (Lipinski definition) is 2. The van der Waals surface area contributed by atoms with Crippen LogP contribution >= 0.6 is 0 Å². The summed E-state index contributed by atoms with van der Waals surface area (Å²) in [6, 6.07) is -0.0293. The number of rotatable bonds is 4. The zero-order chi connectivity index (χ0) is 8.20. The van der Waals surface area contributed by atoms with Gasteiger partial charge in [0.2, 0.25) is 10.0 Å². The molecule has 0 aliphatic rings. The lowest BCUT2D eigenvalue weighted by Crippen LogP contribution is -2.36. The molecule has 0 aromatic carbocycles. The van der Waals surface area contributed by atoms with Crippen LogP contribution in [-0.2, 0) is 10.0 Å². The topological polar surface area (TPSA) is 58.2 Å². The van der Waals surface area contributed by atoms with Crippen molar-refractivity contribution in [2.75, 3.05) is 12.9 Å². The Balaban J connectivity index is 3.89. The third kappa shape index (κ3) is 4.72. The van der Waals surface area contributed by atoms with Crippen molar-refractivity contribution in [1.29, 1.82) is 0 Å². The smallest absolute Gasteiger partial charge is 0.224 e. The fourth-order valence-corrected chi connectivity index (χ4v) is 1.77. The minimum atomic E-state index is -3.09. The Morgan fingerprint density at radius 1 is 1.40 bits per heavy atom. The van der Waals surface area contributed by atoms with Gasteiger partial charge >= 0.3 is 0 Å². The maximum atomic E-state index is 10.9. The molecule has 5 heteroatoms. The maximum Gasteiger partial charge on any atom is 0.224 e. The molecule has 0 aliphatic carbocycles. The van der Waals surface area contributed by atoms with Crippen LogP contribution in [0.2, 0.25) is 0 Å².